The highest BCUT2D eigenvalue weighted by Gasteiger charge is 2.35. The molecule has 0 aromatic rings. The number of aliphatic hydroxyl groups excluding tert-OH is 2. The van der Waals surface area contributed by atoms with Crippen LogP contribution in [0.5, 0.6) is 0 Å². The molecule has 0 radical (unpaired) electrons. The number of carbonyl (C=O) groups is 1. The van der Waals surface area contributed by atoms with Gasteiger partial charge in [-0.2, -0.15) is 0 Å². The molecule has 2 unspecified atom stereocenters. The number of hydrogen-bond acceptors (Lipinski definition) is 6. The van der Waals surface area contributed by atoms with E-state index in [0.717, 1.165) is 0 Å². The van der Waals surface area contributed by atoms with Gasteiger partial charge in [-0.25, -0.2) is 4.79 Å². The minimum absolute atomic E-state index is 0.139. The van der Waals surface area contributed by atoms with E-state index >= 15 is 0 Å². The quantitative estimate of drug-likeness (QED) is 0.572. The molecule has 0 spiro atoms. The van der Waals surface area contributed by atoms with Crippen molar-refractivity contribution in [2.75, 3.05) is 0 Å². The first-order valence-electron chi connectivity index (χ1n) is 8.15. The van der Waals surface area contributed by atoms with Crippen LogP contribution in [0, 0.1) is 0 Å². The summed E-state index contributed by atoms with van der Waals surface area (Å²) in [5.74, 6) is -0.361. The maximum Gasteiger partial charge on any atom is 0.330 e. The Hall–Kier alpha value is -0.950. The number of carbonyl (C=O) groups excluding carboxylic acids is 1. The largest absolute Gasteiger partial charge is 0.457 e. The average Bonchev–Trinajstić information content (AvgIpc) is 2.39. The Kier molecular flexibility index (Phi) is 7.67. The number of aliphatic hydroxyl groups is 2. The lowest BCUT2D eigenvalue weighted by molar-refractivity contribution is -0.273. The van der Waals surface area contributed by atoms with Crippen LogP contribution in [0.15, 0.2) is 12.2 Å². The van der Waals surface area contributed by atoms with Crippen molar-refractivity contribution in [3.8, 4) is 0 Å². The number of hydrogen-bond donors (Lipinski definition) is 2. The van der Waals surface area contributed by atoms with Crippen LogP contribution in [0.1, 0.15) is 53.9 Å². The van der Waals surface area contributed by atoms with Crippen molar-refractivity contribution in [2.24, 2.45) is 0 Å². The first-order valence-corrected chi connectivity index (χ1v) is 8.15. The van der Waals surface area contributed by atoms with E-state index in [9.17, 15) is 15.0 Å². The topological polar surface area (TPSA) is 85.2 Å². The Morgan fingerprint density at radius 1 is 1.35 bits per heavy atom. The van der Waals surface area contributed by atoms with Gasteiger partial charge in [0.1, 0.15) is 11.7 Å². The molecule has 1 rings (SSSR count). The third-order valence-corrected chi connectivity index (χ3v) is 3.45. The normalized spacial score (nSPS) is 30.4. The van der Waals surface area contributed by atoms with Gasteiger partial charge in [0.05, 0.1) is 18.3 Å². The van der Waals surface area contributed by atoms with E-state index < -0.39 is 24.1 Å². The van der Waals surface area contributed by atoms with E-state index in [1.54, 1.807) is 13.0 Å². The molecule has 0 aliphatic carbocycles. The van der Waals surface area contributed by atoms with Crippen molar-refractivity contribution in [3.05, 3.63) is 12.2 Å². The molecule has 0 aromatic heterocycles. The maximum atomic E-state index is 11.5. The van der Waals surface area contributed by atoms with Gasteiger partial charge in [0.25, 0.3) is 0 Å². The maximum absolute atomic E-state index is 11.5. The second kappa shape index (κ2) is 8.78. The molecule has 6 nitrogen and oxygen atoms in total. The van der Waals surface area contributed by atoms with Gasteiger partial charge in [0.2, 0.25) is 0 Å². The molecular weight excluding hydrogens is 300 g/mol. The fourth-order valence-electron chi connectivity index (χ4n) is 2.21. The van der Waals surface area contributed by atoms with E-state index in [1.165, 1.54) is 6.08 Å². The van der Waals surface area contributed by atoms with Crippen molar-refractivity contribution < 1.29 is 29.2 Å². The monoisotopic (exact) mass is 330 g/mol. The van der Waals surface area contributed by atoms with E-state index in [-0.39, 0.29) is 24.6 Å². The molecule has 1 fully saturated rings. The highest BCUT2D eigenvalue weighted by molar-refractivity contribution is 5.82. The van der Waals surface area contributed by atoms with Gasteiger partial charge in [-0.05, 0) is 47.5 Å². The fraction of sp³-hybridized carbons (Fsp3) is 0.824. The zero-order valence-electron chi connectivity index (χ0n) is 14.7. The summed E-state index contributed by atoms with van der Waals surface area (Å²) in [4.78, 5) is 11.5. The van der Waals surface area contributed by atoms with E-state index in [0.29, 0.717) is 12.8 Å². The minimum Gasteiger partial charge on any atom is -0.457 e. The third-order valence-electron chi connectivity index (χ3n) is 3.45. The van der Waals surface area contributed by atoms with Crippen LogP contribution in [0.3, 0.4) is 0 Å². The predicted molar refractivity (Wildman–Crippen MR) is 85.7 cm³/mol. The SMILES string of the molecule is CC(CC/C=C/C(=O)OC(C)(C)C)O[C@@H]1OC(C)[C@H](O)C[C@@H]1O. The van der Waals surface area contributed by atoms with Crippen molar-refractivity contribution in [1.82, 2.24) is 0 Å². The van der Waals surface area contributed by atoms with E-state index in [1.807, 2.05) is 27.7 Å². The van der Waals surface area contributed by atoms with Crippen LogP contribution in [0.2, 0.25) is 0 Å². The van der Waals surface area contributed by atoms with Crippen molar-refractivity contribution >= 4 is 5.97 Å². The minimum atomic E-state index is -0.832. The van der Waals surface area contributed by atoms with Crippen LogP contribution < -0.4 is 0 Å². The molecule has 0 saturated carbocycles. The summed E-state index contributed by atoms with van der Waals surface area (Å²) >= 11 is 0. The van der Waals surface area contributed by atoms with Gasteiger partial charge in [0, 0.05) is 12.5 Å². The molecule has 0 amide bonds. The number of ether oxygens (including phenoxy) is 3. The Labute approximate surface area is 138 Å². The van der Waals surface area contributed by atoms with E-state index in [4.69, 9.17) is 14.2 Å². The van der Waals surface area contributed by atoms with Crippen molar-refractivity contribution in [2.45, 2.75) is 90.2 Å². The van der Waals surface area contributed by atoms with Crippen LogP contribution in [-0.2, 0) is 19.0 Å². The van der Waals surface area contributed by atoms with E-state index in [2.05, 4.69) is 0 Å². The highest BCUT2D eigenvalue weighted by atomic mass is 16.7. The lowest BCUT2D eigenvalue weighted by Gasteiger charge is -2.36. The molecule has 6 heteroatoms. The van der Waals surface area contributed by atoms with Crippen molar-refractivity contribution in [1.29, 1.82) is 0 Å². The van der Waals surface area contributed by atoms with Crippen LogP contribution >= 0.6 is 0 Å². The molecular formula is C17H30O6. The smallest absolute Gasteiger partial charge is 0.330 e. The second-order valence-corrected chi connectivity index (χ2v) is 7.04. The number of allylic oxidation sites excluding steroid dienone is 1. The second-order valence-electron chi connectivity index (χ2n) is 7.04. The predicted octanol–water partition coefficient (Wildman–Crippen LogP) is 1.93. The zero-order valence-corrected chi connectivity index (χ0v) is 14.7. The highest BCUT2D eigenvalue weighted by Crippen LogP contribution is 2.22. The molecule has 23 heavy (non-hydrogen) atoms. The van der Waals surface area contributed by atoms with Gasteiger partial charge in [-0.3, -0.25) is 0 Å². The van der Waals surface area contributed by atoms with Gasteiger partial charge in [0.15, 0.2) is 6.29 Å². The van der Waals surface area contributed by atoms with Gasteiger partial charge in [-0.1, -0.05) is 6.08 Å². The summed E-state index contributed by atoms with van der Waals surface area (Å²) in [6, 6.07) is 0. The summed E-state index contributed by atoms with van der Waals surface area (Å²) in [6.07, 6.45) is 2.03. The summed E-state index contributed by atoms with van der Waals surface area (Å²) < 4.78 is 16.3. The lowest BCUT2D eigenvalue weighted by atomic mass is 10.0. The lowest BCUT2D eigenvalue weighted by Crippen LogP contribution is -2.48. The molecule has 2 N–H and O–H groups in total. The van der Waals surface area contributed by atoms with Crippen LogP contribution in [-0.4, -0.2) is 52.5 Å². The first kappa shape index (κ1) is 20.1. The standard InChI is InChI=1S/C17H30O6/c1-11(8-6-7-9-15(20)23-17(3,4)5)21-16-14(19)10-13(18)12(2)22-16/h7,9,11-14,16,18-19H,6,8,10H2,1-5H3/b9-7+/t11?,12?,13-,14+,16-/m1/s1. The summed E-state index contributed by atoms with van der Waals surface area (Å²) in [6.45, 7) is 9.10. The average molecular weight is 330 g/mol. The Morgan fingerprint density at radius 3 is 2.61 bits per heavy atom. The fourth-order valence-corrected chi connectivity index (χ4v) is 2.21. The number of rotatable bonds is 6. The first-order chi connectivity index (χ1) is 10.6. The summed E-state index contributed by atoms with van der Waals surface area (Å²) in [7, 11) is 0. The number of esters is 1. The molecule has 1 aliphatic rings. The van der Waals surface area contributed by atoms with Crippen LogP contribution in [0.25, 0.3) is 0 Å². The molecule has 0 aromatic carbocycles. The Bertz CT molecular complexity index is 400. The molecule has 5 atom stereocenters. The Balaban J connectivity index is 2.29. The zero-order chi connectivity index (χ0) is 17.6. The Morgan fingerprint density at radius 2 is 2.00 bits per heavy atom. The summed E-state index contributed by atoms with van der Waals surface area (Å²) in [5, 5.41) is 19.5. The summed E-state index contributed by atoms with van der Waals surface area (Å²) in [5.41, 5.74) is -0.493. The molecule has 1 aliphatic heterocycles. The van der Waals surface area contributed by atoms with Crippen LogP contribution in [0.4, 0.5) is 0 Å². The molecule has 1 saturated heterocycles. The molecule has 134 valence electrons. The van der Waals surface area contributed by atoms with Gasteiger partial charge in [-0.15, -0.1) is 0 Å². The van der Waals surface area contributed by atoms with Gasteiger partial charge < -0.3 is 24.4 Å². The van der Waals surface area contributed by atoms with Gasteiger partial charge >= 0.3 is 5.97 Å². The third kappa shape index (κ3) is 7.92. The van der Waals surface area contributed by atoms with Crippen molar-refractivity contribution in [3.63, 3.8) is 0 Å². The molecule has 0 bridgehead atoms. The molecule has 1 heterocycles.